The van der Waals surface area contributed by atoms with Crippen LogP contribution in [0.25, 0.3) is 10.2 Å². The van der Waals surface area contributed by atoms with Crippen molar-refractivity contribution in [2.75, 3.05) is 14.2 Å². The van der Waals surface area contributed by atoms with Gasteiger partial charge >= 0.3 is 5.97 Å². The lowest BCUT2D eigenvalue weighted by Crippen LogP contribution is -2.46. The molecule has 2 aromatic heterocycles. The minimum absolute atomic E-state index is 0.00376. The molecule has 10 heteroatoms. The average Bonchev–Trinajstić information content (AvgIpc) is 3.58. The largest absolute Gasteiger partial charge is 0.512 e. The summed E-state index contributed by atoms with van der Waals surface area (Å²) >= 11 is 7.69. The molecule has 3 aromatic rings. The highest BCUT2D eigenvalue weighted by molar-refractivity contribution is 7.17. The van der Waals surface area contributed by atoms with Gasteiger partial charge in [-0.1, -0.05) is 24.4 Å². The second-order valence-corrected chi connectivity index (χ2v) is 11.0. The van der Waals surface area contributed by atoms with Gasteiger partial charge < -0.3 is 24.3 Å². The molecule has 3 heterocycles. The number of halogens is 1. The van der Waals surface area contributed by atoms with Gasteiger partial charge in [-0.05, 0) is 54.7 Å². The molecule has 196 valence electrons. The second kappa shape index (κ2) is 10.4. The maximum atomic E-state index is 13.3. The molecule has 1 aliphatic carbocycles. The molecule has 37 heavy (non-hydrogen) atoms. The fourth-order valence-corrected chi connectivity index (χ4v) is 6.61. The number of esters is 1. The number of aryl methyl sites for hydroxylation is 1. The number of H-pyrrole nitrogens is 1. The Hall–Kier alpha value is -3.04. The number of aliphatic hydroxyl groups is 1. The molecule has 1 aliphatic heterocycles. The lowest BCUT2D eigenvalue weighted by Gasteiger charge is -2.42. The third-order valence-corrected chi connectivity index (χ3v) is 8.73. The van der Waals surface area contributed by atoms with Crippen molar-refractivity contribution in [3.63, 3.8) is 0 Å². The predicted octanol–water partition coefficient (Wildman–Crippen LogP) is 5.52. The summed E-state index contributed by atoms with van der Waals surface area (Å²) in [5, 5.41) is 13.4. The van der Waals surface area contributed by atoms with Crippen molar-refractivity contribution < 1.29 is 24.1 Å². The standard InChI is InChI=1S/C27H29ClN2O6S/c1-34-21-13-22(35-2)18(28)11-15(21)7-9-27(16-5-3-4-6-16)14-20(31)17(26(33)36-27)12-23-29-19-8-10-37-24(19)25(32)30-23/h8,10-11,13,16,31H,3-7,9,12,14H2,1-2H3,(H,29,30,32). The minimum atomic E-state index is -0.837. The summed E-state index contributed by atoms with van der Waals surface area (Å²) in [6.45, 7) is 0. The van der Waals surface area contributed by atoms with Crippen molar-refractivity contribution in [3.05, 3.63) is 61.7 Å². The first kappa shape index (κ1) is 25.6. The van der Waals surface area contributed by atoms with Gasteiger partial charge in [0.15, 0.2) is 0 Å². The first-order chi connectivity index (χ1) is 17.8. The third-order valence-electron chi connectivity index (χ3n) is 7.54. The van der Waals surface area contributed by atoms with Crippen LogP contribution in [0.2, 0.25) is 5.02 Å². The van der Waals surface area contributed by atoms with Crippen LogP contribution >= 0.6 is 22.9 Å². The molecule has 2 N–H and O–H groups in total. The lowest BCUT2D eigenvalue weighted by atomic mass is 9.76. The van der Waals surface area contributed by atoms with Crippen molar-refractivity contribution in [3.8, 4) is 11.5 Å². The SMILES string of the molecule is COc1cc(OC)c(CCC2(C3CCCC3)CC(O)=C(Cc3nc4ccsc4c(=O)[nH]3)C(=O)O2)cc1Cl. The van der Waals surface area contributed by atoms with E-state index >= 15 is 0 Å². The van der Waals surface area contributed by atoms with Crippen molar-refractivity contribution >= 4 is 39.1 Å². The van der Waals surface area contributed by atoms with E-state index in [1.807, 2.05) is 6.07 Å². The molecule has 8 nitrogen and oxygen atoms in total. The number of aliphatic hydroxyl groups excluding tert-OH is 1. The molecule has 0 amide bonds. The number of hydrogen-bond acceptors (Lipinski definition) is 8. The summed E-state index contributed by atoms with van der Waals surface area (Å²) in [5.74, 6) is 1.05. The molecule has 1 fully saturated rings. The Morgan fingerprint density at radius 3 is 2.68 bits per heavy atom. The Kier molecular flexibility index (Phi) is 7.18. The molecular weight excluding hydrogens is 516 g/mol. The molecule has 0 radical (unpaired) electrons. The predicted molar refractivity (Wildman–Crippen MR) is 142 cm³/mol. The van der Waals surface area contributed by atoms with E-state index in [-0.39, 0.29) is 35.7 Å². The molecule has 1 saturated carbocycles. The number of nitrogens with zero attached hydrogens (tertiary/aromatic N) is 1. The first-order valence-corrected chi connectivity index (χ1v) is 13.6. The maximum absolute atomic E-state index is 13.3. The number of aromatic nitrogens is 2. The van der Waals surface area contributed by atoms with Gasteiger partial charge in [0.1, 0.15) is 33.4 Å². The van der Waals surface area contributed by atoms with E-state index in [1.165, 1.54) is 11.3 Å². The number of methoxy groups -OCH3 is 2. The Morgan fingerprint density at radius 1 is 1.22 bits per heavy atom. The highest BCUT2D eigenvalue weighted by Crippen LogP contribution is 2.46. The normalized spacial score (nSPS) is 20.5. The number of thiophene rings is 1. The number of cyclic esters (lactones) is 1. The summed E-state index contributed by atoms with van der Waals surface area (Å²) in [6, 6.07) is 5.33. The Morgan fingerprint density at radius 2 is 1.97 bits per heavy atom. The number of ether oxygens (including phenoxy) is 3. The van der Waals surface area contributed by atoms with Gasteiger partial charge in [0.05, 0.1) is 30.3 Å². The van der Waals surface area contributed by atoms with Crippen LogP contribution in [0.4, 0.5) is 0 Å². The molecule has 1 atom stereocenters. The van der Waals surface area contributed by atoms with Crippen LogP contribution < -0.4 is 15.0 Å². The fraction of sp³-hybridized carbons (Fsp3) is 0.444. The Balaban J connectivity index is 1.43. The molecule has 0 bridgehead atoms. The zero-order valence-electron chi connectivity index (χ0n) is 20.8. The van der Waals surface area contributed by atoms with Crippen LogP contribution in [0.15, 0.2) is 39.7 Å². The van der Waals surface area contributed by atoms with E-state index in [0.717, 1.165) is 31.2 Å². The van der Waals surface area contributed by atoms with E-state index in [1.54, 1.807) is 31.7 Å². The first-order valence-electron chi connectivity index (χ1n) is 12.3. The number of nitrogens with one attached hydrogen (secondary N) is 1. The van der Waals surface area contributed by atoms with Gasteiger partial charge in [0.2, 0.25) is 0 Å². The number of carbonyl (C=O) groups is 1. The topological polar surface area (TPSA) is 111 Å². The smallest absolute Gasteiger partial charge is 0.338 e. The fourth-order valence-electron chi connectivity index (χ4n) is 5.62. The van der Waals surface area contributed by atoms with E-state index < -0.39 is 11.6 Å². The molecule has 0 spiro atoms. The summed E-state index contributed by atoms with van der Waals surface area (Å²) in [5.41, 5.74) is 0.488. The van der Waals surface area contributed by atoms with Crippen LogP contribution in [0.5, 0.6) is 11.5 Å². The van der Waals surface area contributed by atoms with Crippen LogP contribution in [0, 0.1) is 5.92 Å². The average molecular weight is 545 g/mol. The highest BCUT2D eigenvalue weighted by atomic mass is 35.5. The van der Waals surface area contributed by atoms with E-state index in [2.05, 4.69) is 9.97 Å². The quantitative estimate of drug-likeness (QED) is 0.359. The van der Waals surface area contributed by atoms with Crippen molar-refractivity contribution in [1.29, 1.82) is 0 Å². The van der Waals surface area contributed by atoms with Gasteiger partial charge in [0, 0.05) is 18.9 Å². The summed E-state index contributed by atoms with van der Waals surface area (Å²) < 4.78 is 17.6. The van der Waals surface area contributed by atoms with Crippen molar-refractivity contribution in [1.82, 2.24) is 9.97 Å². The molecule has 5 rings (SSSR count). The highest BCUT2D eigenvalue weighted by Gasteiger charge is 2.48. The number of fused-ring (bicyclic) bond motifs is 1. The van der Waals surface area contributed by atoms with Crippen LogP contribution in [-0.4, -0.2) is 40.9 Å². The minimum Gasteiger partial charge on any atom is -0.512 e. The van der Waals surface area contributed by atoms with Crippen LogP contribution in [-0.2, 0) is 22.4 Å². The molecule has 0 saturated heterocycles. The van der Waals surface area contributed by atoms with E-state index in [4.69, 9.17) is 25.8 Å². The maximum Gasteiger partial charge on any atom is 0.338 e. The monoisotopic (exact) mass is 544 g/mol. The Bertz CT molecular complexity index is 1420. The van der Waals surface area contributed by atoms with Crippen LogP contribution in [0.1, 0.15) is 49.9 Å². The van der Waals surface area contributed by atoms with Crippen molar-refractivity contribution in [2.24, 2.45) is 5.92 Å². The number of benzene rings is 1. The number of aromatic amines is 1. The van der Waals surface area contributed by atoms with Gasteiger partial charge in [-0.3, -0.25) is 4.79 Å². The summed E-state index contributed by atoms with van der Waals surface area (Å²) in [4.78, 5) is 32.9. The van der Waals surface area contributed by atoms with Gasteiger partial charge in [0.25, 0.3) is 5.56 Å². The summed E-state index contributed by atoms with van der Waals surface area (Å²) in [6.07, 6.45) is 5.25. The van der Waals surface area contributed by atoms with E-state index in [9.17, 15) is 14.7 Å². The third kappa shape index (κ3) is 4.94. The number of carbonyl (C=O) groups excluding carboxylic acids is 1. The second-order valence-electron chi connectivity index (χ2n) is 9.66. The molecule has 1 unspecified atom stereocenters. The zero-order valence-corrected chi connectivity index (χ0v) is 22.3. The van der Waals surface area contributed by atoms with Crippen LogP contribution in [0.3, 0.4) is 0 Å². The van der Waals surface area contributed by atoms with Crippen molar-refractivity contribution in [2.45, 2.75) is 57.0 Å². The molecule has 2 aliphatic rings. The van der Waals surface area contributed by atoms with Gasteiger partial charge in [-0.25, -0.2) is 9.78 Å². The summed E-state index contributed by atoms with van der Waals surface area (Å²) in [7, 11) is 3.14. The van der Waals surface area contributed by atoms with Gasteiger partial charge in [-0.15, -0.1) is 11.3 Å². The van der Waals surface area contributed by atoms with E-state index in [0.29, 0.717) is 45.4 Å². The number of rotatable bonds is 8. The molecule has 1 aromatic carbocycles. The number of hydrogen-bond donors (Lipinski definition) is 2. The Labute approximate surface area is 223 Å². The van der Waals surface area contributed by atoms with Gasteiger partial charge in [-0.2, -0.15) is 0 Å². The zero-order chi connectivity index (χ0) is 26.2. The molecular formula is C27H29ClN2O6S. The lowest BCUT2D eigenvalue weighted by molar-refractivity contribution is -0.167.